The molecule has 1 spiro atoms. The summed E-state index contributed by atoms with van der Waals surface area (Å²) < 4.78 is 1.91. The van der Waals surface area contributed by atoms with Gasteiger partial charge in [0.15, 0.2) is 5.82 Å². The minimum Gasteiger partial charge on any atom is -0.356 e. The number of likely N-dealkylation sites (tertiary alicyclic amines) is 1. The fourth-order valence-corrected chi connectivity index (χ4v) is 6.97. The zero-order chi connectivity index (χ0) is 25.0. The standard InChI is InChI=1S/C30H33N7/c1-2-3-4-22-16-36(17-22)25-7-11-35(12-8-25)27-14-28(33-21-32-27)37-26-13-24(6-5-23(26)15-34-37)30(20-31)18-29(19-30)9-10-29/h5-6,13-15,21-22,25H,4,7-12,16-19H2,1H3. The highest BCUT2D eigenvalue weighted by atomic mass is 15.3. The fourth-order valence-electron chi connectivity index (χ4n) is 6.97. The monoisotopic (exact) mass is 491 g/mol. The molecule has 0 N–H and O–H groups in total. The smallest absolute Gasteiger partial charge is 0.159 e. The normalized spacial score (nSPS) is 22.6. The number of hydrogen-bond acceptors (Lipinski definition) is 6. The van der Waals surface area contributed by atoms with Gasteiger partial charge in [0.1, 0.15) is 12.1 Å². The lowest BCUT2D eigenvalue weighted by atomic mass is 9.57. The third kappa shape index (κ3) is 3.88. The third-order valence-electron chi connectivity index (χ3n) is 9.36. The molecule has 4 aliphatic rings. The van der Waals surface area contributed by atoms with Crippen molar-refractivity contribution in [3.8, 4) is 23.7 Å². The van der Waals surface area contributed by atoms with E-state index in [4.69, 9.17) is 0 Å². The molecule has 188 valence electrons. The molecule has 0 atom stereocenters. The average molecular weight is 492 g/mol. The van der Waals surface area contributed by atoms with Crippen LogP contribution in [0.1, 0.15) is 57.4 Å². The number of rotatable bonds is 5. The van der Waals surface area contributed by atoms with Crippen molar-refractivity contribution in [2.75, 3.05) is 31.1 Å². The Morgan fingerprint density at radius 1 is 1.05 bits per heavy atom. The molecule has 7 nitrogen and oxygen atoms in total. The van der Waals surface area contributed by atoms with Crippen LogP contribution in [0.3, 0.4) is 0 Å². The van der Waals surface area contributed by atoms with Crippen molar-refractivity contribution in [2.24, 2.45) is 11.3 Å². The molecular formula is C30H33N7. The maximum Gasteiger partial charge on any atom is 0.159 e. The Morgan fingerprint density at radius 3 is 2.57 bits per heavy atom. The highest BCUT2D eigenvalue weighted by Crippen LogP contribution is 2.68. The predicted octanol–water partition coefficient (Wildman–Crippen LogP) is 4.46. The molecule has 3 aromatic rings. The molecule has 1 aromatic carbocycles. The van der Waals surface area contributed by atoms with Crippen LogP contribution in [0.2, 0.25) is 0 Å². The van der Waals surface area contributed by atoms with E-state index < -0.39 is 0 Å². The second kappa shape index (κ2) is 8.57. The van der Waals surface area contributed by atoms with Crippen molar-refractivity contribution in [3.05, 3.63) is 42.4 Å². The highest BCUT2D eigenvalue weighted by molar-refractivity contribution is 5.81. The Bertz CT molecular complexity index is 1430. The highest BCUT2D eigenvalue weighted by Gasteiger charge is 2.62. The molecule has 2 aliphatic carbocycles. The number of benzene rings is 1. The quantitative estimate of drug-likeness (QED) is 0.491. The van der Waals surface area contributed by atoms with Gasteiger partial charge >= 0.3 is 0 Å². The zero-order valence-corrected chi connectivity index (χ0v) is 21.5. The summed E-state index contributed by atoms with van der Waals surface area (Å²) in [5, 5.41) is 15.8. The topological polar surface area (TPSA) is 73.9 Å². The van der Waals surface area contributed by atoms with Crippen molar-refractivity contribution in [1.82, 2.24) is 24.6 Å². The number of hydrogen-bond donors (Lipinski definition) is 0. The maximum absolute atomic E-state index is 10.1. The van der Waals surface area contributed by atoms with Gasteiger partial charge in [0.2, 0.25) is 0 Å². The molecule has 4 fully saturated rings. The van der Waals surface area contributed by atoms with E-state index in [0.717, 1.165) is 79.2 Å². The molecule has 2 aliphatic heterocycles. The lowest BCUT2D eigenvalue weighted by molar-refractivity contribution is 0.0437. The van der Waals surface area contributed by atoms with Gasteiger partial charge in [-0.1, -0.05) is 12.1 Å². The van der Waals surface area contributed by atoms with Crippen LogP contribution in [-0.4, -0.2) is 56.9 Å². The summed E-state index contributed by atoms with van der Waals surface area (Å²) in [5.41, 5.74) is 2.24. The predicted molar refractivity (Wildman–Crippen MR) is 143 cm³/mol. The molecule has 37 heavy (non-hydrogen) atoms. The first kappa shape index (κ1) is 22.8. The van der Waals surface area contributed by atoms with Crippen LogP contribution in [0.25, 0.3) is 16.7 Å². The molecule has 0 bridgehead atoms. The number of nitriles is 1. The minimum atomic E-state index is -0.346. The number of fused-ring (bicyclic) bond motifs is 1. The first-order valence-electron chi connectivity index (χ1n) is 13.7. The summed E-state index contributed by atoms with van der Waals surface area (Å²) in [6.45, 7) is 6.33. The van der Waals surface area contributed by atoms with Crippen LogP contribution in [-0.2, 0) is 5.41 Å². The van der Waals surface area contributed by atoms with Crippen LogP contribution in [0.4, 0.5) is 5.82 Å². The minimum absolute atomic E-state index is 0.346. The zero-order valence-electron chi connectivity index (χ0n) is 21.5. The largest absolute Gasteiger partial charge is 0.356 e. The van der Waals surface area contributed by atoms with Gasteiger partial charge in [0.05, 0.1) is 23.2 Å². The van der Waals surface area contributed by atoms with Gasteiger partial charge in [-0.25, -0.2) is 14.6 Å². The number of piperidine rings is 1. The van der Waals surface area contributed by atoms with Gasteiger partial charge in [-0.2, -0.15) is 10.4 Å². The first-order valence-corrected chi connectivity index (χ1v) is 13.7. The van der Waals surface area contributed by atoms with Gasteiger partial charge in [0, 0.05) is 50.1 Å². The molecule has 0 amide bonds. The Balaban J connectivity index is 1.07. The first-order chi connectivity index (χ1) is 18.1. The molecule has 2 saturated carbocycles. The van der Waals surface area contributed by atoms with Crippen LogP contribution >= 0.6 is 0 Å². The van der Waals surface area contributed by atoms with Crippen molar-refractivity contribution in [3.63, 3.8) is 0 Å². The summed E-state index contributed by atoms with van der Waals surface area (Å²) >= 11 is 0. The lowest BCUT2D eigenvalue weighted by Gasteiger charge is -2.47. The summed E-state index contributed by atoms with van der Waals surface area (Å²) in [6, 6.07) is 11.8. The van der Waals surface area contributed by atoms with E-state index >= 15 is 0 Å². The molecule has 7 heteroatoms. The van der Waals surface area contributed by atoms with Gasteiger partial charge in [-0.15, -0.1) is 11.8 Å². The van der Waals surface area contributed by atoms with Crippen LogP contribution in [0.5, 0.6) is 0 Å². The summed E-state index contributed by atoms with van der Waals surface area (Å²) in [5.74, 6) is 8.75. The second-order valence-corrected chi connectivity index (χ2v) is 11.8. The third-order valence-corrected chi connectivity index (χ3v) is 9.36. The van der Waals surface area contributed by atoms with Crippen LogP contribution < -0.4 is 4.90 Å². The SMILES string of the molecule is CC#CCC1CN(C2CCN(c3cc(-n4ncc5ccc(C6(C#N)CC7(CC7)C6)cc54)ncn3)CC2)C1. The molecule has 7 rings (SSSR count). The van der Waals surface area contributed by atoms with Crippen molar-refractivity contribution in [2.45, 2.75) is 63.3 Å². The molecule has 2 aromatic heterocycles. The van der Waals surface area contributed by atoms with Crippen molar-refractivity contribution >= 4 is 16.7 Å². The van der Waals surface area contributed by atoms with Crippen molar-refractivity contribution in [1.29, 1.82) is 5.26 Å². The molecule has 0 unspecified atom stereocenters. The van der Waals surface area contributed by atoms with Crippen LogP contribution in [0, 0.1) is 34.5 Å². The molecule has 2 saturated heterocycles. The van der Waals surface area contributed by atoms with E-state index in [1.165, 1.54) is 25.9 Å². The maximum atomic E-state index is 10.1. The van der Waals surface area contributed by atoms with E-state index in [-0.39, 0.29) is 5.41 Å². The van der Waals surface area contributed by atoms with E-state index in [1.54, 1.807) is 6.33 Å². The van der Waals surface area contributed by atoms with Crippen molar-refractivity contribution < 1.29 is 0 Å². The second-order valence-electron chi connectivity index (χ2n) is 11.8. The van der Waals surface area contributed by atoms with Crippen LogP contribution in [0.15, 0.2) is 36.8 Å². The van der Waals surface area contributed by atoms with Gasteiger partial charge in [0.25, 0.3) is 0 Å². The van der Waals surface area contributed by atoms with Gasteiger partial charge in [-0.05, 0) is 68.4 Å². The molecular weight excluding hydrogens is 458 g/mol. The van der Waals surface area contributed by atoms with Gasteiger partial charge in [-0.3, -0.25) is 4.90 Å². The number of nitrogens with zero attached hydrogens (tertiary/aromatic N) is 7. The molecule has 0 radical (unpaired) electrons. The fraction of sp³-hybridized carbons (Fsp3) is 0.533. The Hall–Kier alpha value is -3.42. The Morgan fingerprint density at radius 2 is 1.84 bits per heavy atom. The Labute approximate surface area is 218 Å². The van der Waals surface area contributed by atoms with E-state index in [2.05, 4.69) is 67.0 Å². The number of aromatic nitrogens is 4. The van der Waals surface area contributed by atoms with E-state index in [9.17, 15) is 5.26 Å². The lowest BCUT2D eigenvalue weighted by Crippen LogP contribution is -2.55. The summed E-state index contributed by atoms with van der Waals surface area (Å²) in [6.07, 6.45) is 11.5. The Kier molecular flexibility index (Phi) is 5.27. The van der Waals surface area contributed by atoms with E-state index in [1.807, 2.05) is 17.8 Å². The van der Waals surface area contributed by atoms with Gasteiger partial charge < -0.3 is 4.90 Å². The summed E-state index contributed by atoms with van der Waals surface area (Å²) in [7, 11) is 0. The van der Waals surface area contributed by atoms with E-state index in [0.29, 0.717) is 11.5 Å². The number of anilines is 1. The summed E-state index contributed by atoms with van der Waals surface area (Å²) in [4.78, 5) is 14.2. The molecule has 4 heterocycles. The average Bonchev–Trinajstić information content (AvgIpc) is 3.57.